The molecule has 2 fully saturated rings. The van der Waals surface area contributed by atoms with E-state index in [-0.39, 0.29) is 0 Å². The molecule has 1 aromatic rings. The molecule has 4 N–H and O–H groups in total. The summed E-state index contributed by atoms with van der Waals surface area (Å²) in [7, 11) is 0. The molecule has 0 unspecified atom stereocenters. The molecule has 0 aromatic heterocycles. The second-order valence-corrected chi connectivity index (χ2v) is 8.33. The van der Waals surface area contributed by atoms with Crippen molar-refractivity contribution < 1.29 is 20.0 Å². The van der Waals surface area contributed by atoms with Crippen LogP contribution in [0.2, 0.25) is 0 Å². The maximum absolute atomic E-state index is 10.4. The Morgan fingerprint density at radius 2 is 1.08 bits per heavy atom. The lowest BCUT2D eigenvalue weighted by atomic mass is 9.98. The van der Waals surface area contributed by atoms with Crippen LogP contribution in [0.5, 0.6) is 11.5 Å². The van der Waals surface area contributed by atoms with E-state index < -0.39 is 0 Å². The van der Waals surface area contributed by atoms with Gasteiger partial charge in [-0.3, -0.25) is 0 Å². The van der Waals surface area contributed by atoms with Crippen LogP contribution < -0.4 is 9.80 Å². The van der Waals surface area contributed by atoms with Crippen LogP contribution in [-0.2, 0) is 13.1 Å². The highest BCUT2D eigenvalue weighted by Crippen LogP contribution is 2.26. The van der Waals surface area contributed by atoms with Gasteiger partial charge in [-0.1, -0.05) is 13.8 Å². The average Bonchev–Trinajstić information content (AvgIpc) is 2.56. The summed E-state index contributed by atoms with van der Waals surface area (Å²) in [6.07, 6.45) is 5.04. The van der Waals surface area contributed by atoms with Crippen molar-refractivity contribution in [1.29, 1.82) is 0 Å². The van der Waals surface area contributed by atoms with Gasteiger partial charge in [0.15, 0.2) is 0 Å². The molecular formula is C20H34N2O2+2. The smallest absolute Gasteiger partial charge is 0.125 e. The summed E-state index contributed by atoms with van der Waals surface area (Å²) in [5, 5.41) is 20.9. The first-order valence-corrected chi connectivity index (χ1v) is 9.72. The SMILES string of the molecule is CC1CC[NH+](Cc2cc(O)c(C[NH+]3CCC(C)CC3)cc2O)CC1. The Morgan fingerprint density at radius 3 is 1.42 bits per heavy atom. The van der Waals surface area contributed by atoms with E-state index in [0.29, 0.717) is 11.5 Å². The number of piperidine rings is 2. The number of benzene rings is 1. The lowest BCUT2D eigenvalue weighted by molar-refractivity contribution is -0.920. The van der Waals surface area contributed by atoms with Gasteiger partial charge >= 0.3 is 0 Å². The van der Waals surface area contributed by atoms with E-state index in [2.05, 4.69) is 13.8 Å². The number of quaternary nitrogens is 2. The molecule has 0 saturated carbocycles. The highest BCUT2D eigenvalue weighted by atomic mass is 16.3. The Labute approximate surface area is 146 Å². The fourth-order valence-corrected chi connectivity index (χ4v) is 4.18. The number of nitrogens with one attached hydrogen (secondary N) is 2. The summed E-state index contributed by atoms with van der Waals surface area (Å²) in [6, 6.07) is 3.61. The Balaban J connectivity index is 1.62. The van der Waals surface area contributed by atoms with Crippen molar-refractivity contribution in [3.8, 4) is 11.5 Å². The van der Waals surface area contributed by atoms with Crippen molar-refractivity contribution in [2.24, 2.45) is 11.8 Å². The minimum atomic E-state index is 0.360. The van der Waals surface area contributed by atoms with E-state index in [9.17, 15) is 10.2 Å². The first kappa shape index (κ1) is 17.6. The fourth-order valence-electron chi connectivity index (χ4n) is 4.18. The predicted molar refractivity (Wildman–Crippen MR) is 95.4 cm³/mol. The van der Waals surface area contributed by atoms with Crippen LogP contribution in [0, 0.1) is 11.8 Å². The Kier molecular flexibility index (Phi) is 5.67. The quantitative estimate of drug-likeness (QED) is 0.614. The van der Waals surface area contributed by atoms with Crippen LogP contribution in [-0.4, -0.2) is 36.4 Å². The fraction of sp³-hybridized carbons (Fsp3) is 0.700. The third-order valence-corrected chi connectivity index (χ3v) is 6.12. The highest BCUT2D eigenvalue weighted by Gasteiger charge is 2.23. The zero-order chi connectivity index (χ0) is 17.1. The number of phenolic OH excluding ortho intramolecular Hbond substituents is 2. The molecule has 1 aromatic carbocycles. The molecule has 0 radical (unpaired) electrons. The average molecular weight is 335 g/mol. The zero-order valence-electron chi connectivity index (χ0n) is 15.3. The van der Waals surface area contributed by atoms with Crippen molar-refractivity contribution in [3.05, 3.63) is 23.3 Å². The molecule has 4 nitrogen and oxygen atoms in total. The van der Waals surface area contributed by atoms with Crippen molar-refractivity contribution in [2.45, 2.75) is 52.6 Å². The molecule has 0 amide bonds. The Morgan fingerprint density at radius 1 is 0.750 bits per heavy atom. The van der Waals surface area contributed by atoms with Crippen molar-refractivity contribution in [3.63, 3.8) is 0 Å². The Hall–Kier alpha value is -1.26. The third kappa shape index (κ3) is 4.42. The summed E-state index contributed by atoms with van der Waals surface area (Å²) in [5.41, 5.74) is 1.78. The lowest BCUT2D eigenvalue weighted by Gasteiger charge is -2.28. The third-order valence-electron chi connectivity index (χ3n) is 6.12. The molecule has 24 heavy (non-hydrogen) atoms. The number of rotatable bonds is 4. The van der Waals surface area contributed by atoms with E-state index >= 15 is 0 Å². The van der Waals surface area contributed by atoms with Gasteiger partial charge in [-0.15, -0.1) is 0 Å². The van der Waals surface area contributed by atoms with Crippen LogP contribution in [0.15, 0.2) is 12.1 Å². The summed E-state index contributed by atoms with van der Waals surface area (Å²) in [5.74, 6) is 2.37. The van der Waals surface area contributed by atoms with E-state index in [0.717, 1.165) is 36.1 Å². The van der Waals surface area contributed by atoms with Crippen molar-refractivity contribution in [2.75, 3.05) is 26.2 Å². The maximum Gasteiger partial charge on any atom is 0.125 e. The highest BCUT2D eigenvalue weighted by molar-refractivity contribution is 5.44. The van der Waals surface area contributed by atoms with E-state index in [1.54, 1.807) is 0 Å². The van der Waals surface area contributed by atoms with E-state index in [1.807, 2.05) is 12.1 Å². The summed E-state index contributed by atoms with van der Waals surface area (Å²) < 4.78 is 0. The van der Waals surface area contributed by atoms with Gasteiger partial charge in [-0.2, -0.15) is 0 Å². The van der Waals surface area contributed by atoms with Crippen molar-refractivity contribution >= 4 is 0 Å². The molecular weight excluding hydrogens is 300 g/mol. The maximum atomic E-state index is 10.4. The normalized spacial score (nSPS) is 31.1. The topological polar surface area (TPSA) is 49.3 Å². The molecule has 0 atom stereocenters. The van der Waals surface area contributed by atoms with Gasteiger partial charge in [-0.25, -0.2) is 0 Å². The number of hydrogen-bond acceptors (Lipinski definition) is 2. The molecule has 2 aliphatic heterocycles. The van der Waals surface area contributed by atoms with Gasteiger partial charge in [0.2, 0.25) is 0 Å². The second kappa shape index (κ2) is 7.75. The number of likely N-dealkylation sites (tertiary alicyclic amines) is 2. The molecule has 4 heteroatoms. The zero-order valence-corrected chi connectivity index (χ0v) is 15.3. The lowest BCUT2D eigenvalue weighted by Crippen LogP contribution is -3.11. The minimum Gasteiger partial charge on any atom is -0.507 e. The molecule has 0 aliphatic carbocycles. The van der Waals surface area contributed by atoms with Crippen molar-refractivity contribution in [1.82, 2.24) is 0 Å². The van der Waals surface area contributed by atoms with Crippen LogP contribution in [0.1, 0.15) is 50.7 Å². The minimum absolute atomic E-state index is 0.360. The molecule has 2 saturated heterocycles. The summed E-state index contributed by atoms with van der Waals surface area (Å²) >= 11 is 0. The summed E-state index contributed by atoms with van der Waals surface area (Å²) in [4.78, 5) is 3.04. The van der Waals surface area contributed by atoms with Gasteiger partial charge in [0.1, 0.15) is 24.6 Å². The number of aromatic hydroxyl groups is 2. The van der Waals surface area contributed by atoms with Gasteiger partial charge in [0.05, 0.1) is 37.3 Å². The van der Waals surface area contributed by atoms with Gasteiger partial charge in [0, 0.05) is 0 Å². The Bertz CT molecular complexity index is 495. The number of hydrogen-bond donors (Lipinski definition) is 4. The first-order valence-electron chi connectivity index (χ1n) is 9.72. The first-order chi connectivity index (χ1) is 11.5. The van der Waals surface area contributed by atoms with Gasteiger partial charge < -0.3 is 20.0 Å². The molecule has 2 aliphatic rings. The standard InChI is InChI=1S/C20H32N2O2/c1-15-3-7-21(8-4-15)13-17-11-20(24)18(12-19(17)23)14-22-9-5-16(2)6-10-22/h11-12,15-16,23-24H,3-10,13-14H2,1-2H3/p+2. The molecule has 134 valence electrons. The van der Waals surface area contributed by atoms with E-state index in [1.165, 1.54) is 61.7 Å². The van der Waals surface area contributed by atoms with Gasteiger partial charge in [0.25, 0.3) is 0 Å². The molecule has 0 spiro atoms. The number of phenols is 2. The van der Waals surface area contributed by atoms with Crippen LogP contribution in [0.4, 0.5) is 0 Å². The van der Waals surface area contributed by atoms with Crippen LogP contribution in [0.3, 0.4) is 0 Å². The molecule has 0 bridgehead atoms. The molecule has 3 rings (SSSR count). The predicted octanol–water partition coefficient (Wildman–Crippen LogP) is 0.727. The van der Waals surface area contributed by atoms with Crippen LogP contribution in [0.25, 0.3) is 0 Å². The van der Waals surface area contributed by atoms with E-state index in [4.69, 9.17) is 0 Å². The monoisotopic (exact) mass is 334 g/mol. The summed E-state index contributed by atoms with van der Waals surface area (Å²) in [6.45, 7) is 10.9. The largest absolute Gasteiger partial charge is 0.507 e. The van der Waals surface area contributed by atoms with Crippen LogP contribution >= 0.6 is 0 Å². The van der Waals surface area contributed by atoms with Gasteiger partial charge in [-0.05, 0) is 49.7 Å². The molecule has 2 heterocycles. The second-order valence-electron chi connectivity index (χ2n) is 8.33.